The van der Waals surface area contributed by atoms with Crippen LogP contribution in [0.1, 0.15) is 17.2 Å². The molecule has 1 aromatic carbocycles. The summed E-state index contributed by atoms with van der Waals surface area (Å²) in [4.78, 5) is 2.60. The van der Waals surface area contributed by atoms with E-state index in [1.165, 1.54) is 30.4 Å². The lowest BCUT2D eigenvalue weighted by Gasteiger charge is -2.15. The summed E-state index contributed by atoms with van der Waals surface area (Å²) < 4.78 is 31.3. The first-order valence-electron chi connectivity index (χ1n) is 4.63. The van der Waals surface area contributed by atoms with Crippen molar-refractivity contribution in [3.63, 3.8) is 0 Å². The van der Waals surface area contributed by atoms with Gasteiger partial charge in [0.1, 0.15) is 4.90 Å². The summed E-state index contributed by atoms with van der Waals surface area (Å²) in [5.41, 5.74) is 9.08. The van der Waals surface area contributed by atoms with E-state index in [0.29, 0.717) is 0 Å². The number of benzene rings is 1. The van der Waals surface area contributed by atoms with Gasteiger partial charge in [0.05, 0.1) is 0 Å². The zero-order valence-corrected chi connectivity index (χ0v) is 9.29. The molecule has 7 heteroatoms. The van der Waals surface area contributed by atoms with Gasteiger partial charge in [-0.2, -0.15) is 13.2 Å². The van der Waals surface area contributed by atoms with Crippen LogP contribution >= 0.6 is 0 Å². The van der Waals surface area contributed by atoms with Crippen molar-refractivity contribution in [2.45, 2.75) is 11.0 Å². The minimum atomic E-state index is -4.36. The van der Waals surface area contributed by atoms with E-state index in [1.54, 1.807) is 0 Å². The predicted molar refractivity (Wildman–Crippen MR) is 58.9 cm³/mol. The summed E-state index contributed by atoms with van der Waals surface area (Å²) in [6, 6.07) is 4.11. The molecule has 0 radical (unpaired) electrons. The number of hydrogen-bond acceptors (Lipinski definition) is 3. The zero-order chi connectivity index (χ0) is 12.6. The van der Waals surface area contributed by atoms with E-state index in [1.807, 2.05) is 0 Å². The summed E-state index contributed by atoms with van der Waals surface area (Å²) in [5.74, 6) is 0. The molecule has 1 atom stereocenters. The molecule has 6 nitrogen and oxygen atoms in total. The van der Waals surface area contributed by atoms with Crippen LogP contribution in [0.4, 0.5) is 0 Å². The van der Waals surface area contributed by atoms with Crippen molar-refractivity contribution in [1.82, 2.24) is 0 Å². The number of aliphatic hydroxyl groups excluding tert-OH is 1. The molecule has 1 aliphatic carbocycles. The molecule has 0 heterocycles. The van der Waals surface area contributed by atoms with E-state index < -0.39 is 16.2 Å². The maximum absolute atomic E-state index is 11.1. The van der Waals surface area contributed by atoms with Gasteiger partial charge in [0.25, 0.3) is 10.1 Å². The van der Waals surface area contributed by atoms with E-state index in [-0.39, 0.29) is 21.7 Å². The SMILES string of the molecule is [N-]=[N+]=C1C=Cc2c(cccc2S(=O)(=O)O)[C@H]1O. The van der Waals surface area contributed by atoms with Crippen LogP contribution in [0.2, 0.25) is 0 Å². The fraction of sp³-hybridized carbons (Fsp3) is 0.100. The predicted octanol–water partition coefficient (Wildman–Crippen LogP) is 0.664. The highest BCUT2D eigenvalue weighted by atomic mass is 32.2. The summed E-state index contributed by atoms with van der Waals surface area (Å²) in [6.45, 7) is 0. The molecule has 1 aromatic rings. The van der Waals surface area contributed by atoms with Gasteiger partial charge in [0.15, 0.2) is 6.10 Å². The third-order valence-electron chi connectivity index (χ3n) is 2.49. The average molecular weight is 252 g/mol. The summed E-state index contributed by atoms with van der Waals surface area (Å²) in [5, 5.41) is 9.79. The molecule has 0 saturated heterocycles. The Morgan fingerprint density at radius 1 is 1.29 bits per heavy atom. The maximum atomic E-state index is 11.1. The average Bonchev–Trinajstić information content (AvgIpc) is 2.28. The van der Waals surface area contributed by atoms with Gasteiger partial charge in [-0.05, 0) is 12.1 Å². The molecular weight excluding hydrogens is 244 g/mol. The molecule has 0 aromatic heterocycles. The normalized spacial score (nSPS) is 18.7. The van der Waals surface area contributed by atoms with E-state index in [4.69, 9.17) is 10.1 Å². The Labute approximate surface area is 97.2 Å². The second-order valence-electron chi connectivity index (χ2n) is 3.49. The second-order valence-corrected chi connectivity index (χ2v) is 4.88. The maximum Gasteiger partial charge on any atom is 0.324 e. The van der Waals surface area contributed by atoms with Gasteiger partial charge in [-0.3, -0.25) is 4.55 Å². The van der Waals surface area contributed by atoms with Crippen LogP contribution in [0, 0.1) is 0 Å². The molecular formula is C10H8N2O4S. The lowest BCUT2D eigenvalue weighted by molar-refractivity contribution is -0.0188. The molecule has 0 aliphatic heterocycles. The first kappa shape index (κ1) is 11.7. The van der Waals surface area contributed by atoms with E-state index in [2.05, 4.69) is 4.79 Å². The molecule has 0 saturated carbocycles. The highest BCUT2D eigenvalue weighted by molar-refractivity contribution is 7.85. The minimum Gasteiger partial charge on any atom is -0.376 e. The van der Waals surface area contributed by atoms with Crippen LogP contribution in [0.25, 0.3) is 11.6 Å². The Hall–Kier alpha value is -1.79. The standard InChI is InChI=1S/C10H8N2O4S/c11-12-8-5-4-6-7(10(8)13)2-1-3-9(6)17(14,15)16/h1-5,10,13H,(H,14,15,16)/t10-/m1/s1. The Morgan fingerprint density at radius 2 is 2.00 bits per heavy atom. The van der Waals surface area contributed by atoms with Crippen molar-refractivity contribution in [2.24, 2.45) is 0 Å². The number of rotatable bonds is 1. The molecule has 88 valence electrons. The summed E-state index contributed by atoms with van der Waals surface area (Å²) in [6.07, 6.45) is 1.42. The quantitative estimate of drug-likeness (QED) is 0.434. The highest BCUT2D eigenvalue weighted by Gasteiger charge is 2.29. The molecule has 17 heavy (non-hydrogen) atoms. The van der Waals surface area contributed by atoms with Crippen molar-refractivity contribution in [2.75, 3.05) is 0 Å². The largest absolute Gasteiger partial charge is 0.376 e. The highest BCUT2D eigenvalue weighted by Crippen LogP contribution is 2.30. The molecule has 0 unspecified atom stereocenters. The lowest BCUT2D eigenvalue weighted by atomic mass is 9.93. The van der Waals surface area contributed by atoms with E-state index in [9.17, 15) is 13.5 Å². The Bertz CT molecular complexity index is 657. The van der Waals surface area contributed by atoms with Crippen LogP contribution in [-0.4, -0.2) is 28.6 Å². The van der Waals surface area contributed by atoms with Gasteiger partial charge in [-0.25, -0.2) is 0 Å². The number of aliphatic hydroxyl groups is 1. The lowest BCUT2D eigenvalue weighted by Crippen LogP contribution is -2.17. The second kappa shape index (κ2) is 3.90. The first-order valence-corrected chi connectivity index (χ1v) is 6.07. The third-order valence-corrected chi connectivity index (χ3v) is 3.40. The number of fused-ring (bicyclic) bond motifs is 1. The van der Waals surface area contributed by atoms with Crippen LogP contribution in [0.15, 0.2) is 29.2 Å². The molecule has 2 rings (SSSR count). The van der Waals surface area contributed by atoms with Crippen molar-refractivity contribution in [3.8, 4) is 0 Å². The Kier molecular flexibility index (Phi) is 2.68. The van der Waals surface area contributed by atoms with Crippen molar-refractivity contribution in [3.05, 3.63) is 40.9 Å². The van der Waals surface area contributed by atoms with E-state index >= 15 is 0 Å². The Morgan fingerprint density at radius 3 is 2.59 bits per heavy atom. The molecule has 2 N–H and O–H groups in total. The summed E-state index contributed by atoms with van der Waals surface area (Å²) in [7, 11) is -4.36. The number of nitrogens with zero attached hydrogens (tertiary/aromatic N) is 2. The van der Waals surface area contributed by atoms with Gasteiger partial charge in [0.2, 0.25) is 0 Å². The molecule has 1 aliphatic rings. The topological polar surface area (TPSA) is 111 Å². The van der Waals surface area contributed by atoms with Gasteiger partial charge in [0, 0.05) is 17.2 Å². The van der Waals surface area contributed by atoms with Gasteiger partial charge in [-0.1, -0.05) is 12.1 Å². The minimum absolute atomic E-state index is 0.00462. The molecule has 0 amide bonds. The summed E-state index contributed by atoms with van der Waals surface area (Å²) >= 11 is 0. The molecule has 0 spiro atoms. The fourth-order valence-electron chi connectivity index (χ4n) is 1.71. The number of hydrogen-bond donors (Lipinski definition) is 2. The van der Waals surface area contributed by atoms with Gasteiger partial charge >= 0.3 is 5.71 Å². The molecule has 0 bridgehead atoms. The molecule has 0 fully saturated rings. The van der Waals surface area contributed by atoms with Crippen LogP contribution < -0.4 is 0 Å². The fourth-order valence-corrected chi connectivity index (χ4v) is 2.42. The van der Waals surface area contributed by atoms with Crippen molar-refractivity contribution in [1.29, 1.82) is 0 Å². The van der Waals surface area contributed by atoms with Crippen LogP contribution in [-0.2, 0) is 10.1 Å². The van der Waals surface area contributed by atoms with Crippen molar-refractivity contribution >= 4 is 21.9 Å². The third kappa shape index (κ3) is 1.92. The van der Waals surface area contributed by atoms with Crippen LogP contribution in [0.5, 0.6) is 0 Å². The van der Waals surface area contributed by atoms with Crippen molar-refractivity contribution < 1.29 is 22.9 Å². The van der Waals surface area contributed by atoms with Gasteiger partial charge < -0.3 is 10.6 Å². The zero-order valence-electron chi connectivity index (χ0n) is 8.48. The van der Waals surface area contributed by atoms with Crippen LogP contribution in [0.3, 0.4) is 0 Å². The first-order chi connectivity index (χ1) is 7.95. The Balaban J connectivity index is 2.75. The van der Waals surface area contributed by atoms with E-state index in [0.717, 1.165) is 0 Å². The van der Waals surface area contributed by atoms with Gasteiger partial charge in [-0.15, -0.1) is 0 Å². The monoisotopic (exact) mass is 252 g/mol. The smallest absolute Gasteiger partial charge is 0.324 e.